The van der Waals surface area contributed by atoms with Gasteiger partial charge >= 0.3 is 5.97 Å². The molecule has 1 aromatic rings. The van der Waals surface area contributed by atoms with Crippen molar-refractivity contribution < 1.29 is 20.1 Å². The van der Waals surface area contributed by atoms with Crippen molar-refractivity contribution in [3.63, 3.8) is 0 Å². The highest BCUT2D eigenvalue weighted by molar-refractivity contribution is 5.78. The molecule has 0 aliphatic carbocycles. The fourth-order valence-electron chi connectivity index (χ4n) is 1.91. The maximum absolute atomic E-state index is 11.3. The molecule has 0 bridgehead atoms. The van der Waals surface area contributed by atoms with E-state index in [0.29, 0.717) is 6.42 Å². The quantitative estimate of drug-likeness (QED) is 0.597. The SMILES string of the molecule is CC(C)CC(N)C(O)(Cc1cc(O)ccn1)C(=O)O. The third-order valence-corrected chi connectivity index (χ3v) is 2.96. The first kappa shape index (κ1) is 15.4. The second-order valence-corrected chi connectivity index (χ2v) is 5.15. The normalized spacial score (nSPS) is 16.1. The van der Waals surface area contributed by atoms with Crippen LogP contribution in [0.2, 0.25) is 0 Å². The number of pyridine rings is 1. The van der Waals surface area contributed by atoms with E-state index < -0.39 is 17.6 Å². The summed E-state index contributed by atoms with van der Waals surface area (Å²) in [7, 11) is 0. The van der Waals surface area contributed by atoms with Crippen LogP contribution in [-0.4, -0.2) is 37.9 Å². The highest BCUT2D eigenvalue weighted by Gasteiger charge is 2.43. The second-order valence-electron chi connectivity index (χ2n) is 5.15. The largest absolute Gasteiger partial charge is 0.508 e. The number of hydrogen-bond acceptors (Lipinski definition) is 5. The van der Waals surface area contributed by atoms with Crippen LogP contribution in [0.1, 0.15) is 26.0 Å². The zero-order chi connectivity index (χ0) is 14.6. The van der Waals surface area contributed by atoms with Gasteiger partial charge in [-0.15, -0.1) is 0 Å². The van der Waals surface area contributed by atoms with Crippen molar-refractivity contribution in [3.05, 3.63) is 24.0 Å². The van der Waals surface area contributed by atoms with Crippen LogP contribution < -0.4 is 5.73 Å². The molecule has 2 atom stereocenters. The molecule has 0 aliphatic rings. The summed E-state index contributed by atoms with van der Waals surface area (Å²) in [5.41, 5.74) is 4.01. The molecule has 0 saturated carbocycles. The second kappa shape index (κ2) is 5.99. The van der Waals surface area contributed by atoms with Crippen molar-refractivity contribution in [1.29, 1.82) is 0 Å². The third kappa shape index (κ3) is 3.90. The van der Waals surface area contributed by atoms with Crippen molar-refractivity contribution in [2.45, 2.75) is 38.3 Å². The van der Waals surface area contributed by atoms with Crippen LogP contribution in [0.25, 0.3) is 0 Å². The van der Waals surface area contributed by atoms with Crippen molar-refractivity contribution in [2.24, 2.45) is 11.7 Å². The predicted molar refractivity (Wildman–Crippen MR) is 69.6 cm³/mol. The zero-order valence-electron chi connectivity index (χ0n) is 11.1. The molecule has 106 valence electrons. The molecule has 0 aliphatic heterocycles. The van der Waals surface area contributed by atoms with Crippen molar-refractivity contribution in [3.8, 4) is 5.75 Å². The maximum atomic E-state index is 11.3. The molecule has 0 radical (unpaired) electrons. The van der Waals surface area contributed by atoms with Crippen LogP contribution >= 0.6 is 0 Å². The molecule has 1 rings (SSSR count). The number of aliphatic carboxylic acids is 1. The minimum atomic E-state index is -2.09. The standard InChI is InChI=1S/C13H20N2O4/c1-8(2)5-11(14)13(19,12(17)18)7-9-6-10(16)3-4-15-9/h3-4,6,8,11,19H,5,7,14H2,1-2H3,(H,15,16)(H,17,18). The summed E-state index contributed by atoms with van der Waals surface area (Å²) >= 11 is 0. The molecule has 0 fully saturated rings. The van der Waals surface area contributed by atoms with E-state index in [-0.39, 0.29) is 23.8 Å². The molecule has 19 heavy (non-hydrogen) atoms. The number of carbonyl (C=O) groups is 1. The van der Waals surface area contributed by atoms with Crippen molar-refractivity contribution in [1.82, 2.24) is 4.98 Å². The van der Waals surface area contributed by atoms with Crippen LogP contribution in [0.5, 0.6) is 5.75 Å². The van der Waals surface area contributed by atoms with Gasteiger partial charge < -0.3 is 21.1 Å². The summed E-state index contributed by atoms with van der Waals surface area (Å²) in [4.78, 5) is 15.2. The number of nitrogens with two attached hydrogens (primary N) is 1. The fraction of sp³-hybridized carbons (Fsp3) is 0.538. The van der Waals surface area contributed by atoms with Crippen LogP contribution in [0.4, 0.5) is 0 Å². The topological polar surface area (TPSA) is 117 Å². The molecule has 6 nitrogen and oxygen atoms in total. The summed E-state index contributed by atoms with van der Waals surface area (Å²) in [6.45, 7) is 3.80. The third-order valence-electron chi connectivity index (χ3n) is 2.96. The van der Waals surface area contributed by atoms with E-state index in [2.05, 4.69) is 4.98 Å². The Kier molecular flexibility index (Phi) is 4.85. The summed E-state index contributed by atoms with van der Waals surface area (Å²) in [5, 5.41) is 28.9. The van der Waals surface area contributed by atoms with E-state index in [4.69, 9.17) is 5.73 Å². The number of rotatable bonds is 6. The molecule has 0 aromatic carbocycles. The average Bonchev–Trinajstić information content (AvgIpc) is 2.27. The predicted octanol–water partition coefficient (Wildman–Crippen LogP) is 0.519. The Balaban J connectivity index is 2.97. The summed E-state index contributed by atoms with van der Waals surface area (Å²) in [6, 6.07) is 1.78. The van der Waals surface area contributed by atoms with Gasteiger partial charge in [0.2, 0.25) is 0 Å². The monoisotopic (exact) mass is 268 g/mol. The van der Waals surface area contributed by atoms with Gasteiger partial charge in [0.05, 0.1) is 0 Å². The highest BCUT2D eigenvalue weighted by atomic mass is 16.4. The Labute approximate surface area is 111 Å². The van der Waals surface area contributed by atoms with Gasteiger partial charge in [0.15, 0.2) is 5.60 Å². The molecule has 1 heterocycles. The summed E-state index contributed by atoms with van der Waals surface area (Å²) < 4.78 is 0. The molecule has 0 amide bonds. The average molecular weight is 268 g/mol. The van der Waals surface area contributed by atoms with Gasteiger partial charge in [0, 0.05) is 30.4 Å². The number of hydrogen-bond donors (Lipinski definition) is 4. The van der Waals surface area contributed by atoms with E-state index in [0.717, 1.165) is 0 Å². The zero-order valence-corrected chi connectivity index (χ0v) is 11.1. The number of carboxylic acid groups (broad SMARTS) is 1. The summed E-state index contributed by atoms with van der Waals surface area (Å²) in [5.74, 6) is -1.25. The fourth-order valence-corrected chi connectivity index (χ4v) is 1.91. The Bertz CT molecular complexity index is 450. The lowest BCUT2D eigenvalue weighted by Crippen LogP contribution is -2.56. The number of aromatic nitrogens is 1. The van der Waals surface area contributed by atoms with Crippen LogP contribution in [0, 0.1) is 5.92 Å². The molecule has 6 heteroatoms. The Hall–Kier alpha value is -1.66. The molecule has 0 spiro atoms. The molecule has 0 saturated heterocycles. The smallest absolute Gasteiger partial charge is 0.337 e. The number of aliphatic hydroxyl groups is 1. The van der Waals surface area contributed by atoms with E-state index in [9.17, 15) is 20.1 Å². The summed E-state index contributed by atoms with van der Waals surface area (Å²) in [6.07, 6.45) is 1.48. The van der Waals surface area contributed by atoms with Crippen LogP contribution in [0.3, 0.4) is 0 Å². The lowest BCUT2D eigenvalue weighted by atomic mass is 9.84. The number of carboxylic acids is 1. The van der Waals surface area contributed by atoms with Crippen LogP contribution in [-0.2, 0) is 11.2 Å². The number of aromatic hydroxyl groups is 1. The van der Waals surface area contributed by atoms with Gasteiger partial charge in [-0.25, -0.2) is 4.79 Å². The first-order chi connectivity index (χ1) is 8.75. The molecule has 2 unspecified atom stereocenters. The first-order valence-corrected chi connectivity index (χ1v) is 6.11. The van der Waals surface area contributed by atoms with Gasteiger partial charge in [-0.1, -0.05) is 13.8 Å². The van der Waals surface area contributed by atoms with E-state index in [1.54, 1.807) is 0 Å². The maximum Gasteiger partial charge on any atom is 0.337 e. The minimum Gasteiger partial charge on any atom is -0.508 e. The van der Waals surface area contributed by atoms with Crippen molar-refractivity contribution >= 4 is 5.97 Å². The highest BCUT2D eigenvalue weighted by Crippen LogP contribution is 2.22. The number of nitrogens with zero attached hydrogens (tertiary/aromatic N) is 1. The Morgan fingerprint density at radius 3 is 2.63 bits per heavy atom. The van der Waals surface area contributed by atoms with Crippen LogP contribution in [0.15, 0.2) is 18.3 Å². The Morgan fingerprint density at radius 1 is 1.53 bits per heavy atom. The molecular formula is C13H20N2O4. The molecule has 5 N–H and O–H groups in total. The van der Waals surface area contributed by atoms with Gasteiger partial charge in [0.25, 0.3) is 0 Å². The van der Waals surface area contributed by atoms with Crippen molar-refractivity contribution in [2.75, 3.05) is 0 Å². The molecule has 1 aromatic heterocycles. The van der Waals surface area contributed by atoms with Gasteiger partial charge in [0.1, 0.15) is 5.75 Å². The van der Waals surface area contributed by atoms with Gasteiger partial charge in [-0.3, -0.25) is 4.98 Å². The molecular weight excluding hydrogens is 248 g/mol. The lowest BCUT2D eigenvalue weighted by Gasteiger charge is -2.30. The minimum absolute atomic E-state index is 0.0323. The first-order valence-electron chi connectivity index (χ1n) is 6.11. The van der Waals surface area contributed by atoms with Gasteiger partial charge in [-0.2, -0.15) is 0 Å². The van der Waals surface area contributed by atoms with Gasteiger partial charge in [-0.05, 0) is 18.4 Å². The Morgan fingerprint density at radius 2 is 2.16 bits per heavy atom. The van der Waals surface area contributed by atoms with E-state index in [1.165, 1.54) is 18.3 Å². The lowest BCUT2D eigenvalue weighted by molar-refractivity contribution is -0.161. The van der Waals surface area contributed by atoms with E-state index in [1.807, 2.05) is 13.8 Å². The van der Waals surface area contributed by atoms with E-state index >= 15 is 0 Å².